The molecule has 0 spiro atoms. The van der Waals surface area contributed by atoms with Crippen LogP contribution in [0.2, 0.25) is 0 Å². The molecule has 0 aromatic heterocycles. The first kappa shape index (κ1) is 49.2. The summed E-state index contributed by atoms with van der Waals surface area (Å²) >= 11 is 0. The van der Waals surface area contributed by atoms with Gasteiger partial charge in [0.2, 0.25) is 0 Å². The molecule has 4 unspecified atom stereocenters. The van der Waals surface area contributed by atoms with Crippen LogP contribution in [0.4, 0.5) is 0 Å². The minimum atomic E-state index is -0.893. The fourth-order valence-corrected chi connectivity index (χ4v) is 3.76. The van der Waals surface area contributed by atoms with Crippen LogP contribution in [-0.2, 0) is 39.0 Å². The number of aliphatic carboxylic acids is 4. The average molecular weight is 763 g/mol. The van der Waals surface area contributed by atoms with E-state index in [1.54, 1.807) is 0 Å². The maximum Gasteiger partial charge on any atom is 4.00 e. The van der Waals surface area contributed by atoms with E-state index in [1.165, 1.54) is 0 Å². The monoisotopic (exact) mass is 764 g/mol. The van der Waals surface area contributed by atoms with Crippen molar-refractivity contribution in [2.45, 2.75) is 158 Å². The molecule has 41 heavy (non-hydrogen) atoms. The van der Waals surface area contributed by atoms with Gasteiger partial charge in [-0.25, -0.2) is 0 Å². The van der Waals surface area contributed by atoms with Crippen molar-refractivity contribution in [1.29, 1.82) is 0 Å². The van der Waals surface area contributed by atoms with Crippen LogP contribution in [0.1, 0.15) is 158 Å². The molecule has 0 bridgehead atoms. The second kappa shape index (κ2) is 36.5. The molecule has 0 amide bonds. The van der Waals surface area contributed by atoms with Gasteiger partial charge in [-0.15, -0.1) is 0 Å². The largest absolute Gasteiger partial charge is 4.00 e. The average Bonchev–Trinajstić information content (AvgIpc) is 2.91. The molecule has 0 aromatic carbocycles. The van der Waals surface area contributed by atoms with Crippen molar-refractivity contribution in [1.82, 2.24) is 0 Å². The van der Waals surface area contributed by atoms with Crippen molar-refractivity contribution in [2.24, 2.45) is 23.7 Å². The molecule has 244 valence electrons. The van der Waals surface area contributed by atoms with E-state index in [-0.39, 0.29) is 43.5 Å². The molecule has 0 aromatic rings. The van der Waals surface area contributed by atoms with Gasteiger partial charge in [-0.3, -0.25) is 0 Å². The molecule has 0 fully saturated rings. The number of carboxylic acid groups (broad SMARTS) is 4. The Labute approximate surface area is 264 Å². The first-order valence-corrected chi connectivity index (χ1v) is 15.7. The fraction of sp³-hybridized carbons (Fsp3) is 0.875. The Balaban J connectivity index is -0.000000139. The Hall–Kier alpha value is -1.48. The minimum absolute atomic E-state index is 0. The van der Waals surface area contributed by atoms with Gasteiger partial charge in [0.05, 0.1) is 0 Å². The summed E-state index contributed by atoms with van der Waals surface area (Å²) in [5.41, 5.74) is 0. The standard InChI is InChI=1S/4C8H16O2.Os/c4*1-3-5-6-7(4-2)8(9)10;/h4*7H,3-6H2,1-2H3,(H,9,10);/q;;;;+4/p-4. The van der Waals surface area contributed by atoms with E-state index in [1.807, 2.05) is 27.7 Å². The summed E-state index contributed by atoms with van der Waals surface area (Å²) in [4.78, 5) is 41.3. The van der Waals surface area contributed by atoms with Crippen molar-refractivity contribution < 1.29 is 59.4 Å². The van der Waals surface area contributed by atoms with Crippen LogP contribution in [0.3, 0.4) is 0 Å². The quantitative estimate of drug-likeness (QED) is 0.181. The van der Waals surface area contributed by atoms with Gasteiger partial charge in [-0.05, 0) is 75.0 Å². The van der Waals surface area contributed by atoms with Crippen LogP contribution in [0.25, 0.3) is 0 Å². The molecule has 0 aliphatic heterocycles. The Morgan fingerprint density at radius 3 is 0.610 bits per heavy atom. The van der Waals surface area contributed by atoms with Crippen molar-refractivity contribution in [2.75, 3.05) is 0 Å². The van der Waals surface area contributed by atoms with Crippen LogP contribution < -0.4 is 20.4 Å². The van der Waals surface area contributed by atoms with E-state index >= 15 is 0 Å². The molecule has 4 atom stereocenters. The molecule has 0 aliphatic carbocycles. The normalized spacial score (nSPS) is 12.7. The summed E-state index contributed by atoms with van der Waals surface area (Å²) in [6.45, 7) is 15.8. The maximum absolute atomic E-state index is 10.3. The zero-order chi connectivity index (χ0) is 31.9. The molecular weight excluding hydrogens is 703 g/mol. The van der Waals surface area contributed by atoms with Crippen molar-refractivity contribution in [3.05, 3.63) is 0 Å². The van der Waals surface area contributed by atoms with Gasteiger partial charge in [0, 0.05) is 23.9 Å². The van der Waals surface area contributed by atoms with E-state index in [4.69, 9.17) is 0 Å². The SMILES string of the molecule is CCCCC(CC)C(=O)[O-].CCCCC(CC)C(=O)[O-].CCCCC(CC)C(=O)[O-].CCCCC(CC)C(=O)[O-].[Os+4]. The van der Waals surface area contributed by atoms with Crippen LogP contribution in [0.15, 0.2) is 0 Å². The van der Waals surface area contributed by atoms with Crippen LogP contribution in [0.5, 0.6) is 0 Å². The number of unbranched alkanes of at least 4 members (excludes halogenated alkanes) is 4. The zero-order valence-electron chi connectivity index (χ0n) is 27.2. The summed E-state index contributed by atoms with van der Waals surface area (Å²) in [7, 11) is 0. The Morgan fingerprint density at radius 2 is 0.537 bits per heavy atom. The van der Waals surface area contributed by atoms with E-state index in [9.17, 15) is 39.6 Å². The summed E-state index contributed by atoms with van der Waals surface area (Å²) in [5, 5.41) is 41.3. The van der Waals surface area contributed by atoms with Gasteiger partial charge in [0.1, 0.15) is 0 Å². The molecule has 0 aliphatic rings. The summed E-state index contributed by atoms with van der Waals surface area (Å²) in [5.74, 6) is -4.46. The number of carbonyl (C=O) groups excluding carboxylic acids is 4. The van der Waals surface area contributed by atoms with Crippen LogP contribution >= 0.6 is 0 Å². The zero-order valence-corrected chi connectivity index (χ0v) is 29.8. The summed E-state index contributed by atoms with van der Waals surface area (Å²) in [6, 6.07) is 0. The minimum Gasteiger partial charge on any atom is -0.550 e. The van der Waals surface area contributed by atoms with Crippen molar-refractivity contribution in [3.63, 3.8) is 0 Å². The maximum atomic E-state index is 10.3. The number of hydrogen-bond donors (Lipinski definition) is 0. The molecule has 0 saturated heterocycles. The predicted octanol–water partition coefficient (Wildman–Crippen LogP) is 3.81. The Morgan fingerprint density at radius 1 is 0.390 bits per heavy atom. The third kappa shape index (κ3) is 34.6. The van der Waals surface area contributed by atoms with Gasteiger partial charge in [0.15, 0.2) is 0 Å². The van der Waals surface area contributed by atoms with Crippen molar-refractivity contribution >= 4 is 23.9 Å². The van der Waals surface area contributed by atoms with E-state index in [0.29, 0.717) is 25.7 Å². The van der Waals surface area contributed by atoms with E-state index < -0.39 is 23.9 Å². The number of carbonyl (C=O) groups is 4. The third-order valence-electron chi connectivity index (χ3n) is 6.93. The molecule has 0 rings (SSSR count). The van der Waals surface area contributed by atoms with Crippen molar-refractivity contribution in [3.8, 4) is 0 Å². The molecule has 9 heteroatoms. The predicted molar refractivity (Wildman–Crippen MR) is 153 cm³/mol. The third-order valence-corrected chi connectivity index (χ3v) is 6.93. The Kier molecular flexibility index (Phi) is 43.9. The van der Waals surface area contributed by atoms with Crippen LogP contribution in [0, 0.1) is 23.7 Å². The molecule has 0 heterocycles. The summed E-state index contributed by atoms with van der Waals surface area (Å²) in [6.07, 6.45) is 14.1. The number of carboxylic acids is 4. The molecular formula is C32H60O8Os. The van der Waals surface area contributed by atoms with Gasteiger partial charge >= 0.3 is 19.8 Å². The number of hydrogen-bond acceptors (Lipinski definition) is 8. The smallest absolute Gasteiger partial charge is 0.550 e. The summed E-state index contributed by atoms with van der Waals surface area (Å²) < 4.78 is 0. The first-order valence-electron chi connectivity index (χ1n) is 15.7. The van der Waals surface area contributed by atoms with Crippen LogP contribution in [-0.4, -0.2) is 23.9 Å². The van der Waals surface area contributed by atoms with E-state index in [2.05, 4.69) is 27.7 Å². The van der Waals surface area contributed by atoms with Gasteiger partial charge in [0.25, 0.3) is 0 Å². The molecule has 0 radical (unpaired) electrons. The molecule has 0 saturated carbocycles. The first-order chi connectivity index (χ1) is 18.9. The Bertz CT molecular complexity index is 509. The fourth-order valence-electron chi connectivity index (χ4n) is 3.76. The molecule has 8 nitrogen and oxygen atoms in total. The van der Waals surface area contributed by atoms with Gasteiger partial charge in [-0.2, -0.15) is 0 Å². The van der Waals surface area contributed by atoms with Gasteiger partial charge in [-0.1, -0.05) is 107 Å². The number of rotatable bonds is 20. The second-order valence-corrected chi connectivity index (χ2v) is 10.3. The second-order valence-electron chi connectivity index (χ2n) is 10.3. The van der Waals surface area contributed by atoms with E-state index in [0.717, 1.165) is 77.0 Å². The van der Waals surface area contributed by atoms with Gasteiger partial charge < -0.3 is 39.6 Å². The molecule has 0 N–H and O–H groups in total. The topological polar surface area (TPSA) is 161 Å².